The predicted molar refractivity (Wildman–Crippen MR) is 106 cm³/mol. The molecule has 0 aliphatic rings. The molecule has 4 nitrogen and oxygen atoms in total. The van der Waals surface area contributed by atoms with E-state index in [1.165, 1.54) is 25.4 Å². The van der Waals surface area contributed by atoms with E-state index >= 15 is 0 Å². The third kappa shape index (κ3) is 4.14. The Hall–Kier alpha value is -2.61. The first-order chi connectivity index (χ1) is 13.9. The van der Waals surface area contributed by atoms with Crippen molar-refractivity contribution in [1.82, 2.24) is 9.97 Å². The van der Waals surface area contributed by atoms with E-state index < -0.39 is 35.9 Å². The summed E-state index contributed by atoms with van der Waals surface area (Å²) in [6.07, 6.45) is -3.02. The molecule has 3 rings (SSSR count). The van der Waals surface area contributed by atoms with Crippen molar-refractivity contribution in [2.24, 2.45) is 0 Å². The van der Waals surface area contributed by atoms with Crippen molar-refractivity contribution in [2.45, 2.75) is 50.8 Å². The molecule has 2 aromatic heterocycles. The zero-order valence-electron chi connectivity index (χ0n) is 17.2. The van der Waals surface area contributed by atoms with Gasteiger partial charge in [0.05, 0.1) is 18.8 Å². The Labute approximate surface area is 171 Å². The zero-order valence-corrected chi connectivity index (χ0v) is 17.2. The number of benzene rings is 1. The van der Waals surface area contributed by atoms with Crippen molar-refractivity contribution in [3.8, 4) is 5.75 Å². The predicted octanol–water partition coefficient (Wildman–Crippen LogP) is 5.22. The van der Waals surface area contributed by atoms with Gasteiger partial charge in [0.15, 0.2) is 5.60 Å². The first kappa shape index (κ1) is 22.1. The molecule has 0 spiro atoms. The summed E-state index contributed by atoms with van der Waals surface area (Å²) in [5.41, 5.74) is -2.12. The van der Waals surface area contributed by atoms with E-state index in [0.717, 1.165) is 17.0 Å². The Bertz CT molecular complexity index is 1060. The number of nitrogens with zero attached hydrogens (tertiary/aromatic N) is 1. The van der Waals surface area contributed by atoms with Crippen LogP contribution in [-0.4, -0.2) is 34.0 Å². The maximum Gasteiger partial charge on any atom is 0.417 e. The van der Waals surface area contributed by atoms with Crippen LogP contribution in [0.15, 0.2) is 36.7 Å². The normalized spacial score (nSPS) is 14.7. The van der Waals surface area contributed by atoms with Crippen LogP contribution in [0.2, 0.25) is 0 Å². The molecular weight excluding hydrogens is 400 g/mol. The standard InChI is InChI=1S/C22H24F4N2O2/c1-13-10-27-11-18-16(13)8-15(28-18)9-21(29,22(24,25)26)12-20(2,3)17-6-5-14(23)7-19(17)30-4/h5-8,10-11,28-29H,9,12H2,1-4H3. The number of hydrogen-bond acceptors (Lipinski definition) is 3. The molecule has 1 unspecified atom stereocenters. The van der Waals surface area contributed by atoms with Gasteiger partial charge in [0.2, 0.25) is 0 Å². The van der Waals surface area contributed by atoms with Gasteiger partial charge in [-0.05, 0) is 36.5 Å². The molecule has 0 radical (unpaired) electrons. The van der Waals surface area contributed by atoms with E-state index in [1.807, 2.05) is 6.92 Å². The first-order valence-electron chi connectivity index (χ1n) is 9.42. The van der Waals surface area contributed by atoms with E-state index in [9.17, 15) is 22.7 Å². The number of pyridine rings is 1. The summed E-state index contributed by atoms with van der Waals surface area (Å²) in [6, 6.07) is 5.29. The lowest BCUT2D eigenvalue weighted by molar-refractivity contribution is -0.266. The average Bonchev–Trinajstić information content (AvgIpc) is 3.03. The molecule has 162 valence electrons. The number of alkyl halides is 3. The molecule has 0 fully saturated rings. The summed E-state index contributed by atoms with van der Waals surface area (Å²) in [6.45, 7) is 4.95. The van der Waals surface area contributed by atoms with E-state index in [0.29, 0.717) is 11.1 Å². The van der Waals surface area contributed by atoms with Gasteiger partial charge in [-0.2, -0.15) is 13.2 Å². The highest BCUT2D eigenvalue weighted by molar-refractivity contribution is 5.82. The highest BCUT2D eigenvalue weighted by Crippen LogP contribution is 2.45. The van der Waals surface area contributed by atoms with Crippen LogP contribution in [0.5, 0.6) is 5.75 Å². The minimum Gasteiger partial charge on any atom is -0.496 e. The number of hydrogen-bond donors (Lipinski definition) is 2. The quantitative estimate of drug-likeness (QED) is 0.533. The molecule has 2 N–H and O–H groups in total. The van der Waals surface area contributed by atoms with Crippen LogP contribution in [0.3, 0.4) is 0 Å². The molecule has 30 heavy (non-hydrogen) atoms. The molecule has 2 heterocycles. The van der Waals surface area contributed by atoms with E-state index in [1.54, 1.807) is 26.1 Å². The van der Waals surface area contributed by atoms with Crippen LogP contribution in [0.1, 0.15) is 37.1 Å². The number of rotatable bonds is 6. The second-order valence-corrected chi connectivity index (χ2v) is 8.32. The first-order valence-corrected chi connectivity index (χ1v) is 9.42. The summed E-state index contributed by atoms with van der Waals surface area (Å²) in [7, 11) is 1.32. The summed E-state index contributed by atoms with van der Waals surface area (Å²) >= 11 is 0. The van der Waals surface area contributed by atoms with Crippen LogP contribution < -0.4 is 4.74 Å². The van der Waals surface area contributed by atoms with Crippen molar-refractivity contribution in [3.63, 3.8) is 0 Å². The molecule has 0 saturated carbocycles. The maximum absolute atomic E-state index is 14.0. The molecule has 3 aromatic rings. The van der Waals surface area contributed by atoms with Crippen molar-refractivity contribution in [1.29, 1.82) is 0 Å². The van der Waals surface area contributed by atoms with E-state index in [-0.39, 0.29) is 11.4 Å². The number of aromatic amines is 1. The number of ether oxygens (including phenoxy) is 1. The zero-order chi connectivity index (χ0) is 22.3. The lowest BCUT2D eigenvalue weighted by Gasteiger charge is -2.38. The number of aliphatic hydroxyl groups is 1. The van der Waals surface area contributed by atoms with Crippen molar-refractivity contribution in [2.75, 3.05) is 7.11 Å². The fourth-order valence-electron chi connectivity index (χ4n) is 3.97. The summed E-state index contributed by atoms with van der Waals surface area (Å²) in [5.74, 6) is -0.420. The fourth-order valence-corrected chi connectivity index (χ4v) is 3.97. The van der Waals surface area contributed by atoms with Crippen molar-refractivity contribution in [3.05, 3.63) is 59.3 Å². The Morgan fingerprint density at radius 2 is 1.83 bits per heavy atom. The number of aryl methyl sites for hydroxylation is 1. The topological polar surface area (TPSA) is 58.1 Å². The maximum atomic E-state index is 14.0. The Kier molecular flexibility index (Phi) is 5.58. The van der Waals surface area contributed by atoms with Gasteiger partial charge in [-0.15, -0.1) is 0 Å². The van der Waals surface area contributed by atoms with Crippen molar-refractivity contribution >= 4 is 10.9 Å². The Morgan fingerprint density at radius 1 is 1.13 bits per heavy atom. The second kappa shape index (κ2) is 7.58. The van der Waals surface area contributed by atoms with Gasteiger partial charge in [-0.3, -0.25) is 4.98 Å². The Morgan fingerprint density at radius 3 is 2.43 bits per heavy atom. The van der Waals surface area contributed by atoms with E-state index in [2.05, 4.69) is 9.97 Å². The van der Waals surface area contributed by atoms with Gasteiger partial charge < -0.3 is 14.8 Å². The largest absolute Gasteiger partial charge is 0.496 e. The van der Waals surface area contributed by atoms with Crippen LogP contribution in [0.4, 0.5) is 17.6 Å². The molecule has 0 aliphatic carbocycles. The van der Waals surface area contributed by atoms with Crippen LogP contribution in [0, 0.1) is 12.7 Å². The average molecular weight is 424 g/mol. The fraction of sp³-hybridized carbons (Fsp3) is 0.409. The third-order valence-corrected chi connectivity index (χ3v) is 5.44. The number of H-pyrrole nitrogens is 1. The minimum absolute atomic E-state index is 0.136. The second-order valence-electron chi connectivity index (χ2n) is 8.32. The molecule has 1 aromatic carbocycles. The number of nitrogens with one attached hydrogen (secondary N) is 1. The van der Waals surface area contributed by atoms with Crippen molar-refractivity contribution < 1.29 is 27.4 Å². The van der Waals surface area contributed by atoms with Crippen LogP contribution in [-0.2, 0) is 11.8 Å². The number of halogens is 4. The van der Waals surface area contributed by atoms with Crippen LogP contribution in [0.25, 0.3) is 10.9 Å². The smallest absolute Gasteiger partial charge is 0.417 e. The van der Waals surface area contributed by atoms with Gasteiger partial charge in [-0.1, -0.05) is 19.9 Å². The third-order valence-electron chi connectivity index (χ3n) is 5.44. The lowest BCUT2D eigenvalue weighted by atomic mass is 9.73. The number of fused-ring (bicyclic) bond motifs is 1. The molecule has 0 saturated heterocycles. The highest BCUT2D eigenvalue weighted by atomic mass is 19.4. The Balaban J connectivity index is 1.99. The summed E-state index contributed by atoms with van der Waals surface area (Å²) in [5, 5.41) is 11.6. The van der Waals surface area contributed by atoms with Gasteiger partial charge in [0, 0.05) is 35.3 Å². The molecule has 1 atom stereocenters. The van der Waals surface area contributed by atoms with Gasteiger partial charge in [-0.25, -0.2) is 4.39 Å². The number of methoxy groups -OCH3 is 1. The molecule has 0 bridgehead atoms. The molecule has 0 amide bonds. The highest BCUT2D eigenvalue weighted by Gasteiger charge is 2.56. The number of aromatic nitrogens is 2. The molecule has 0 aliphatic heterocycles. The minimum atomic E-state index is -4.89. The van der Waals surface area contributed by atoms with E-state index in [4.69, 9.17) is 4.74 Å². The van der Waals surface area contributed by atoms with Gasteiger partial charge in [0.1, 0.15) is 11.6 Å². The molecular formula is C22H24F4N2O2. The van der Waals surface area contributed by atoms with Gasteiger partial charge >= 0.3 is 6.18 Å². The SMILES string of the molecule is COc1cc(F)ccc1C(C)(C)CC(O)(Cc1cc2c(C)cncc2[nH]1)C(F)(F)F. The summed E-state index contributed by atoms with van der Waals surface area (Å²) in [4.78, 5) is 6.96. The van der Waals surface area contributed by atoms with Crippen LogP contribution >= 0.6 is 0 Å². The summed E-state index contributed by atoms with van der Waals surface area (Å²) < 4.78 is 60.9. The molecule has 8 heteroatoms. The lowest BCUT2D eigenvalue weighted by Crippen LogP contribution is -2.51. The van der Waals surface area contributed by atoms with Gasteiger partial charge in [0.25, 0.3) is 0 Å². The monoisotopic (exact) mass is 424 g/mol.